The van der Waals surface area contributed by atoms with Crippen LogP contribution in [0.2, 0.25) is 0 Å². The second-order valence-electron chi connectivity index (χ2n) is 6.23. The number of rotatable bonds is 6. The van der Waals surface area contributed by atoms with Gasteiger partial charge >= 0.3 is 6.03 Å². The molecule has 128 valence electrons. The highest BCUT2D eigenvalue weighted by Gasteiger charge is 2.43. The fourth-order valence-corrected chi connectivity index (χ4v) is 3.75. The Morgan fingerprint density at radius 2 is 2.25 bits per heavy atom. The maximum Gasteiger partial charge on any atom is 0.322 e. The molecule has 2 aliphatic heterocycles. The summed E-state index contributed by atoms with van der Waals surface area (Å²) in [5.41, 5.74) is 2.45. The van der Waals surface area contributed by atoms with Crippen molar-refractivity contribution in [1.29, 1.82) is 0 Å². The van der Waals surface area contributed by atoms with Crippen LogP contribution in [0.3, 0.4) is 0 Å². The third-order valence-electron chi connectivity index (χ3n) is 4.30. The number of nitrogens with zero attached hydrogens (tertiary/aromatic N) is 3. The van der Waals surface area contributed by atoms with Gasteiger partial charge in [0.2, 0.25) is 0 Å². The lowest BCUT2D eigenvalue weighted by Gasteiger charge is -2.32. The van der Waals surface area contributed by atoms with E-state index in [4.69, 9.17) is 0 Å². The van der Waals surface area contributed by atoms with Crippen LogP contribution in [0.5, 0.6) is 0 Å². The van der Waals surface area contributed by atoms with Gasteiger partial charge in [0.15, 0.2) is 0 Å². The molecule has 0 bridgehead atoms. The first-order valence-corrected chi connectivity index (χ1v) is 8.85. The molecule has 2 aliphatic rings. The van der Waals surface area contributed by atoms with Crippen LogP contribution in [0.1, 0.15) is 11.6 Å². The van der Waals surface area contributed by atoms with Crippen molar-refractivity contribution in [2.75, 3.05) is 40.3 Å². The molecule has 0 unspecified atom stereocenters. The second-order valence-corrected chi connectivity index (χ2v) is 7.01. The molecule has 0 fully saturated rings. The average Bonchev–Trinajstić information content (AvgIpc) is 3.17. The Morgan fingerprint density at radius 1 is 1.46 bits per heavy atom. The SMILES string of the molecule is C=CCN1C(=O)N[C@@H](c2ccsc2)C2=C1CN(CCN(C)C)C2=O. The summed E-state index contributed by atoms with van der Waals surface area (Å²) in [5.74, 6) is 0.0112. The summed E-state index contributed by atoms with van der Waals surface area (Å²) >= 11 is 1.56. The zero-order valence-electron chi connectivity index (χ0n) is 14.0. The van der Waals surface area contributed by atoms with Crippen LogP contribution in [0, 0.1) is 0 Å². The molecular weight excluding hydrogens is 324 g/mol. The van der Waals surface area contributed by atoms with Gasteiger partial charge in [-0.1, -0.05) is 6.08 Å². The molecule has 3 heterocycles. The van der Waals surface area contributed by atoms with Gasteiger partial charge in [-0.15, -0.1) is 6.58 Å². The van der Waals surface area contributed by atoms with Gasteiger partial charge in [-0.3, -0.25) is 9.69 Å². The number of hydrogen-bond acceptors (Lipinski definition) is 4. The monoisotopic (exact) mass is 346 g/mol. The summed E-state index contributed by atoms with van der Waals surface area (Å²) in [6.07, 6.45) is 1.68. The fourth-order valence-electron chi connectivity index (χ4n) is 3.06. The van der Waals surface area contributed by atoms with E-state index in [1.165, 1.54) is 0 Å². The van der Waals surface area contributed by atoms with Gasteiger partial charge in [0.1, 0.15) is 0 Å². The van der Waals surface area contributed by atoms with Crippen molar-refractivity contribution in [2.24, 2.45) is 0 Å². The van der Waals surface area contributed by atoms with E-state index in [2.05, 4.69) is 11.9 Å². The lowest BCUT2D eigenvalue weighted by atomic mass is 9.98. The van der Waals surface area contributed by atoms with Crippen molar-refractivity contribution in [3.8, 4) is 0 Å². The minimum Gasteiger partial charge on any atom is -0.332 e. The molecule has 24 heavy (non-hydrogen) atoms. The zero-order chi connectivity index (χ0) is 17.3. The van der Waals surface area contributed by atoms with E-state index >= 15 is 0 Å². The van der Waals surface area contributed by atoms with E-state index in [0.717, 1.165) is 17.8 Å². The van der Waals surface area contributed by atoms with E-state index in [1.807, 2.05) is 40.7 Å². The van der Waals surface area contributed by atoms with Crippen LogP contribution in [-0.2, 0) is 4.79 Å². The highest BCUT2D eigenvalue weighted by atomic mass is 32.1. The third-order valence-corrected chi connectivity index (χ3v) is 5.00. The van der Waals surface area contributed by atoms with E-state index < -0.39 is 0 Å². The zero-order valence-corrected chi connectivity index (χ0v) is 14.8. The first-order valence-electron chi connectivity index (χ1n) is 7.91. The van der Waals surface area contributed by atoms with Gasteiger partial charge in [-0.25, -0.2) is 4.79 Å². The van der Waals surface area contributed by atoms with Crippen molar-refractivity contribution in [3.05, 3.63) is 46.3 Å². The van der Waals surface area contributed by atoms with Gasteiger partial charge in [-0.05, 0) is 36.5 Å². The summed E-state index contributed by atoms with van der Waals surface area (Å²) in [5, 5.41) is 6.91. The molecule has 3 amide bonds. The number of likely N-dealkylation sites (N-methyl/N-ethyl adjacent to an activating group) is 1. The summed E-state index contributed by atoms with van der Waals surface area (Å²) in [4.78, 5) is 31.0. The lowest BCUT2D eigenvalue weighted by Crippen LogP contribution is -2.47. The first-order chi connectivity index (χ1) is 11.5. The van der Waals surface area contributed by atoms with E-state index in [-0.39, 0.29) is 18.0 Å². The smallest absolute Gasteiger partial charge is 0.322 e. The molecule has 1 aromatic rings. The molecule has 0 saturated heterocycles. The number of thiophene rings is 1. The van der Waals surface area contributed by atoms with Gasteiger partial charge in [0, 0.05) is 19.6 Å². The third kappa shape index (κ3) is 2.97. The van der Waals surface area contributed by atoms with Gasteiger partial charge in [0.25, 0.3) is 5.91 Å². The molecule has 0 aromatic carbocycles. The van der Waals surface area contributed by atoms with Crippen molar-refractivity contribution < 1.29 is 9.59 Å². The van der Waals surface area contributed by atoms with Crippen LogP contribution in [-0.4, -0.2) is 66.9 Å². The highest BCUT2D eigenvalue weighted by Crippen LogP contribution is 2.36. The lowest BCUT2D eigenvalue weighted by molar-refractivity contribution is -0.125. The molecule has 0 spiro atoms. The van der Waals surface area contributed by atoms with Gasteiger partial charge in [0.05, 0.1) is 23.9 Å². The molecule has 0 saturated carbocycles. The topological polar surface area (TPSA) is 55.9 Å². The molecular formula is C17H22N4O2S. The molecule has 0 aliphatic carbocycles. The number of hydrogen-bond donors (Lipinski definition) is 1. The van der Waals surface area contributed by atoms with Gasteiger partial charge in [-0.2, -0.15) is 11.3 Å². The maximum absolute atomic E-state index is 13.0. The molecule has 6 nitrogen and oxygen atoms in total. The Kier molecular flexibility index (Phi) is 4.73. The normalized spacial score (nSPS) is 20.7. The standard InChI is InChI=1S/C17H22N4O2S/c1-4-6-21-13-10-20(8-7-19(2)3)16(22)14(13)15(18-17(21)23)12-5-9-24-11-12/h4-5,9,11,15H,1,6-8,10H2,2-3H3,(H,18,23)/t15-/m0/s1. The molecule has 1 atom stereocenters. The van der Waals surface area contributed by atoms with Crippen LogP contribution in [0.25, 0.3) is 0 Å². The molecule has 3 rings (SSSR count). The molecule has 1 N–H and O–H groups in total. The summed E-state index contributed by atoms with van der Waals surface area (Å²) in [6.45, 7) is 6.03. The van der Waals surface area contributed by atoms with Crippen LogP contribution >= 0.6 is 11.3 Å². The highest BCUT2D eigenvalue weighted by molar-refractivity contribution is 7.08. The van der Waals surface area contributed by atoms with Crippen LogP contribution in [0.4, 0.5) is 4.79 Å². The van der Waals surface area contributed by atoms with E-state index in [9.17, 15) is 9.59 Å². The predicted octanol–water partition coefficient (Wildman–Crippen LogP) is 1.66. The quantitative estimate of drug-likeness (QED) is 0.797. The van der Waals surface area contributed by atoms with Crippen molar-refractivity contribution in [2.45, 2.75) is 6.04 Å². The van der Waals surface area contributed by atoms with Gasteiger partial charge < -0.3 is 15.1 Å². The first kappa shape index (κ1) is 16.7. The Balaban J connectivity index is 1.94. The Bertz CT molecular complexity index is 681. The number of nitrogens with one attached hydrogen (secondary N) is 1. The van der Waals surface area contributed by atoms with E-state index in [1.54, 1.807) is 22.3 Å². The summed E-state index contributed by atoms with van der Waals surface area (Å²) in [6, 6.07) is 1.42. The van der Waals surface area contributed by atoms with Crippen molar-refractivity contribution in [3.63, 3.8) is 0 Å². The Labute approximate surface area is 146 Å². The minimum atomic E-state index is -0.364. The van der Waals surface area contributed by atoms with Crippen LogP contribution in [0.15, 0.2) is 40.8 Å². The van der Waals surface area contributed by atoms with Crippen molar-refractivity contribution >= 4 is 23.3 Å². The molecule has 0 radical (unpaired) electrons. The number of urea groups is 1. The largest absolute Gasteiger partial charge is 0.332 e. The van der Waals surface area contributed by atoms with Crippen LogP contribution < -0.4 is 5.32 Å². The van der Waals surface area contributed by atoms with Crippen molar-refractivity contribution in [1.82, 2.24) is 20.0 Å². The molecule has 1 aromatic heterocycles. The Morgan fingerprint density at radius 3 is 2.88 bits per heavy atom. The predicted molar refractivity (Wildman–Crippen MR) is 94.7 cm³/mol. The average molecular weight is 346 g/mol. The molecule has 7 heteroatoms. The maximum atomic E-state index is 13.0. The minimum absolute atomic E-state index is 0.0112. The number of amides is 3. The number of carbonyl (C=O) groups is 2. The Hall–Kier alpha value is -2.12. The summed E-state index contributed by atoms with van der Waals surface area (Å²) in [7, 11) is 3.97. The summed E-state index contributed by atoms with van der Waals surface area (Å²) < 4.78 is 0. The number of carbonyl (C=O) groups excluding carboxylic acids is 2. The second kappa shape index (κ2) is 6.78. The fraction of sp³-hybridized carbons (Fsp3) is 0.412. The van der Waals surface area contributed by atoms with E-state index in [0.29, 0.717) is 25.2 Å².